The van der Waals surface area contributed by atoms with Crippen molar-refractivity contribution in [3.63, 3.8) is 0 Å². The lowest BCUT2D eigenvalue weighted by Crippen LogP contribution is -2.43. The maximum Gasteiger partial charge on any atom is 0.273 e. The van der Waals surface area contributed by atoms with Crippen LogP contribution in [0.4, 0.5) is 0 Å². The van der Waals surface area contributed by atoms with E-state index in [0.29, 0.717) is 24.1 Å². The van der Waals surface area contributed by atoms with Crippen LogP contribution in [0.3, 0.4) is 0 Å². The molecule has 0 saturated heterocycles. The van der Waals surface area contributed by atoms with Gasteiger partial charge in [-0.3, -0.25) is 9.59 Å². The zero-order valence-corrected chi connectivity index (χ0v) is 22.5. The van der Waals surface area contributed by atoms with Crippen molar-refractivity contribution >= 4 is 11.8 Å². The highest BCUT2D eigenvalue weighted by Crippen LogP contribution is 2.39. The fourth-order valence-corrected chi connectivity index (χ4v) is 5.45. The van der Waals surface area contributed by atoms with Crippen LogP contribution < -0.4 is 10.1 Å². The van der Waals surface area contributed by atoms with Crippen molar-refractivity contribution in [1.82, 2.24) is 15.2 Å². The van der Waals surface area contributed by atoms with Gasteiger partial charge in [-0.25, -0.2) is 4.98 Å². The van der Waals surface area contributed by atoms with Crippen LogP contribution in [-0.2, 0) is 17.8 Å². The van der Waals surface area contributed by atoms with Gasteiger partial charge in [-0.15, -0.1) is 0 Å². The van der Waals surface area contributed by atoms with Gasteiger partial charge in [-0.2, -0.15) is 0 Å². The smallest absolute Gasteiger partial charge is 0.273 e. The standard InChI is InChI=1S/C31H37N3O4/c1-20(2)17-32-30(35)27-18-38-28(33-27)19-37-25-13-12-22-14-15-34(31(36)24-6-4-5-7-24)29(26(22)16-25)23-10-8-21(3)9-11-23/h8-13,16,18,20,24,29H,4-7,14-15,17,19H2,1-3H3,(H,32,35). The number of nitrogens with zero attached hydrogens (tertiary/aromatic N) is 2. The highest BCUT2D eigenvalue weighted by atomic mass is 16.5. The fraction of sp³-hybridized carbons (Fsp3) is 0.452. The van der Waals surface area contributed by atoms with Crippen molar-refractivity contribution in [1.29, 1.82) is 0 Å². The van der Waals surface area contributed by atoms with Crippen LogP contribution in [0.2, 0.25) is 0 Å². The summed E-state index contributed by atoms with van der Waals surface area (Å²) in [5.74, 6) is 1.51. The number of benzene rings is 2. The third-order valence-corrected chi connectivity index (χ3v) is 7.54. The quantitative estimate of drug-likeness (QED) is 0.421. The third kappa shape index (κ3) is 5.77. The summed E-state index contributed by atoms with van der Waals surface area (Å²) in [7, 11) is 0. The molecule has 2 heterocycles. The number of carbonyl (C=O) groups is 2. The molecule has 2 amide bonds. The molecule has 1 aromatic heterocycles. The van der Waals surface area contributed by atoms with Gasteiger partial charge >= 0.3 is 0 Å². The first-order valence-electron chi connectivity index (χ1n) is 13.7. The van der Waals surface area contributed by atoms with Crippen LogP contribution in [0.5, 0.6) is 5.75 Å². The highest BCUT2D eigenvalue weighted by molar-refractivity contribution is 5.91. The summed E-state index contributed by atoms with van der Waals surface area (Å²) in [6.07, 6.45) is 6.43. The Morgan fingerprint density at radius 1 is 1.13 bits per heavy atom. The van der Waals surface area contributed by atoms with E-state index in [9.17, 15) is 9.59 Å². The lowest BCUT2D eigenvalue weighted by Gasteiger charge is -2.39. The second-order valence-electron chi connectivity index (χ2n) is 11.0. The predicted octanol–water partition coefficient (Wildman–Crippen LogP) is 5.61. The van der Waals surface area contributed by atoms with Gasteiger partial charge in [0.2, 0.25) is 11.8 Å². The Balaban J connectivity index is 1.36. The number of carbonyl (C=O) groups excluding carboxylic acids is 2. The molecule has 1 saturated carbocycles. The molecule has 1 unspecified atom stereocenters. The minimum absolute atomic E-state index is 0.107. The van der Waals surface area contributed by atoms with E-state index in [0.717, 1.165) is 49.8 Å². The maximum atomic E-state index is 13.6. The molecule has 0 spiro atoms. The van der Waals surface area contributed by atoms with Gasteiger partial charge < -0.3 is 19.4 Å². The Morgan fingerprint density at radius 3 is 2.63 bits per heavy atom. The van der Waals surface area contributed by atoms with Crippen molar-refractivity contribution < 1.29 is 18.7 Å². The molecular weight excluding hydrogens is 478 g/mol. The van der Waals surface area contributed by atoms with E-state index in [1.54, 1.807) is 0 Å². The monoisotopic (exact) mass is 515 g/mol. The molecular formula is C31H37N3O4. The second kappa shape index (κ2) is 11.4. The number of aromatic nitrogens is 1. The Bertz CT molecular complexity index is 1270. The molecule has 38 heavy (non-hydrogen) atoms. The van der Waals surface area contributed by atoms with Gasteiger partial charge in [0.15, 0.2) is 12.3 Å². The average Bonchev–Trinajstić information content (AvgIpc) is 3.63. The van der Waals surface area contributed by atoms with Crippen LogP contribution in [0.1, 0.15) is 84.2 Å². The van der Waals surface area contributed by atoms with Crippen molar-refractivity contribution in [2.24, 2.45) is 11.8 Å². The second-order valence-corrected chi connectivity index (χ2v) is 11.0. The topological polar surface area (TPSA) is 84.7 Å². The van der Waals surface area contributed by atoms with Crippen LogP contribution in [0, 0.1) is 18.8 Å². The molecule has 0 radical (unpaired) electrons. The first kappa shape index (κ1) is 26.0. The number of ether oxygens (including phenoxy) is 1. The van der Waals surface area contributed by atoms with Crippen LogP contribution in [0.15, 0.2) is 53.1 Å². The van der Waals surface area contributed by atoms with E-state index in [1.165, 1.54) is 17.4 Å². The molecule has 5 rings (SSSR count). The summed E-state index contributed by atoms with van der Waals surface area (Å²) in [6, 6.07) is 14.5. The molecule has 3 aromatic rings. The first-order chi connectivity index (χ1) is 18.4. The number of oxazole rings is 1. The normalized spacial score (nSPS) is 17.5. The van der Waals surface area contributed by atoms with Gasteiger partial charge in [-0.05, 0) is 60.9 Å². The van der Waals surface area contributed by atoms with Gasteiger partial charge in [0, 0.05) is 19.0 Å². The largest absolute Gasteiger partial charge is 0.484 e. The Morgan fingerprint density at radius 2 is 1.89 bits per heavy atom. The van der Waals surface area contributed by atoms with E-state index in [2.05, 4.69) is 52.5 Å². The van der Waals surface area contributed by atoms with Crippen molar-refractivity contribution in [3.05, 3.63) is 82.6 Å². The molecule has 1 aliphatic carbocycles. The van der Waals surface area contributed by atoms with Crippen molar-refractivity contribution in [2.75, 3.05) is 13.1 Å². The van der Waals surface area contributed by atoms with E-state index < -0.39 is 0 Å². The zero-order chi connectivity index (χ0) is 26.6. The van der Waals surface area contributed by atoms with Crippen LogP contribution in [-0.4, -0.2) is 34.8 Å². The summed E-state index contributed by atoms with van der Waals surface area (Å²) in [5.41, 5.74) is 4.89. The lowest BCUT2D eigenvalue weighted by atomic mass is 9.86. The van der Waals surface area contributed by atoms with Crippen molar-refractivity contribution in [2.45, 2.75) is 65.5 Å². The minimum Gasteiger partial charge on any atom is -0.484 e. The zero-order valence-electron chi connectivity index (χ0n) is 22.5. The van der Waals surface area contributed by atoms with Crippen molar-refractivity contribution in [3.8, 4) is 5.75 Å². The van der Waals surface area contributed by atoms with Gasteiger partial charge in [0.1, 0.15) is 12.0 Å². The molecule has 1 N–H and O–H groups in total. The number of aryl methyl sites for hydroxylation is 1. The van der Waals surface area contributed by atoms with E-state index in [-0.39, 0.29) is 36.1 Å². The molecule has 1 aliphatic heterocycles. The Labute approximate surface area is 224 Å². The Hall–Kier alpha value is -3.61. The molecule has 200 valence electrons. The lowest BCUT2D eigenvalue weighted by molar-refractivity contribution is -0.137. The molecule has 1 atom stereocenters. The molecule has 2 aromatic carbocycles. The van der Waals surface area contributed by atoms with E-state index in [4.69, 9.17) is 9.15 Å². The number of amides is 2. The molecule has 7 nitrogen and oxygen atoms in total. The maximum absolute atomic E-state index is 13.6. The molecule has 7 heteroatoms. The molecule has 0 bridgehead atoms. The van der Waals surface area contributed by atoms with E-state index in [1.807, 2.05) is 26.0 Å². The summed E-state index contributed by atoms with van der Waals surface area (Å²) in [4.78, 5) is 32.3. The van der Waals surface area contributed by atoms with Gasteiger partial charge in [0.25, 0.3) is 5.91 Å². The fourth-order valence-electron chi connectivity index (χ4n) is 5.45. The average molecular weight is 516 g/mol. The number of fused-ring (bicyclic) bond motifs is 1. The highest BCUT2D eigenvalue weighted by Gasteiger charge is 2.36. The minimum atomic E-state index is -0.254. The third-order valence-electron chi connectivity index (χ3n) is 7.54. The molecule has 2 aliphatic rings. The predicted molar refractivity (Wildman–Crippen MR) is 145 cm³/mol. The number of rotatable bonds is 8. The SMILES string of the molecule is Cc1ccc(C2c3cc(OCc4nc(C(=O)NCC(C)C)co4)ccc3CCN2C(=O)C2CCCC2)cc1. The number of hydrogen-bond donors (Lipinski definition) is 1. The molecule has 1 fully saturated rings. The summed E-state index contributed by atoms with van der Waals surface area (Å²) in [6.45, 7) is 7.56. The Kier molecular flexibility index (Phi) is 7.82. The van der Waals surface area contributed by atoms with E-state index >= 15 is 0 Å². The number of nitrogens with one attached hydrogen (secondary N) is 1. The van der Waals surface area contributed by atoms with Gasteiger partial charge in [0.05, 0.1) is 6.04 Å². The van der Waals surface area contributed by atoms with Crippen LogP contribution in [0.25, 0.3) is 0 Å². The summed E-state index contributed by atoms with van der Waals surface area (Å²) in [5, 5.41) is 2.84. The summed E-state index contributed by atoms with van der Waals surface area (Å²) < 4.78 is 11.5. The first-order valence-corrected chi connectivity index (χ1v) is 13.7. The number of hydrogen-bond acceptors (Lipinski definition) is 5. The van der Waals surface area contributed by atoms with Gasteiger partial charge in [-0.1, -0.05) is 62.6 Å². The summed E-state index contributed by atoms with van der Waals surface area (Å²) >= 11 is 0. The van der Waals surface area contributed by atoms with Crippen LogP contribution >= 0.6 is 0 Å².